The van der Waals surface area contributed by atoms with Gasteiger partial charge in [-0.3, -0.25) is 0 Å². The van der Waals surface area contributed by atoms with E-state index >= 15 is 0 Å². The van der Waals surface area contributed by atoms with Crippen molar-refractivity contribution in [3.63, 3.8) is 0 Å². The van der Waals surface area contributed by atoms with Crippen LogP contribution in [0.5, 0.6) is 0 Å². The molecular formula is C112H245N3. The van der Waals surface area contributed by atoms with Crippen molar-refractivity contribution in [2.75, 3.05) is 26.2 Å². The smallest absolute Gasteiger partial charge is 0.0239 e. The molecule has 0 amide bonds. The highest BCUT2D eigenvalue weighted by Gasteiger charge is 2.49. The molecule has 0 radical (unpaired) electrons. The van der Waals surface area contributed by atoms with Gasteiger partial charge in [0.05, 0.1) is 0 Å². The second-order valence-corrected chi connectivity index (χ2v) is 41.0. The molecule has 3 heterocycles. The molecular weight excluding hydrogens is 1390 g/mol. The van der Waals surface area contributed by atoms with Gasteiger partial charge in [0.1, 0.15) is 0 Å². The second kappa shape index (κ2) is 72.1. The van der Waals surface area contributed by atoms with E-state index in [0.29, 0.717) is 32.7 Å². The molecule has 3 aliphatic heterocycles. The van der Waals surface area contributed by atoms with Crippen LogP contribution in [0.3, 0.4) is 0 Å². The van der Waals surface area contributed by atoms with Crippen molar-refractivity contribution < 1.29 is 0 Å². The summed E-state index contributed by atoms with van der Waals surface area (Å²) in [6.45, 7) is 126. The third kappa shape index (κ3) is 41.7. The fourth-order valence-electron chi connectivity index (χ4n) is 22.8. The number of hydrogen-bond donors (Lipinski definition) is 3. The van der Waals surface area contributed by atoms with E-state index in [1.54, 1.807) is 0 Å². The maximum absolute atomic E-state index is 3.67. The zero-order valence-corrected chi connectivity index (χ0v) is 92.3. The van der Waals surface area contributed by atoms with Crippen molar-refractivity contribution in [2.45, 2.75) is 558 Å². The van der Waals surface area contributed by atoms with E-state index in [1.807, 2.05) is 125 Å². The van der Waals surface area contributed by atoms with Gasteiger partial charge in [-0.05, 0) is 267 Å². The lowest BCUT2D eigenvalue weighted by Gasteiger charge is -2.50. The van der Waals surface area contributed by atoms with E-state index in [0.717, 1.165) is 123 Å². The zero-order valence-electron chi connectivity index (χ0n) is 92.3. The van der Waals surface area contributed by atoms with Gasteiger partial charge in [-0.2, -0.15) is 0 Å². The van der Waals surface area contributed by atoms with Crippen molar-refractivity contribution in [3.8, 4) is 0 Å². The third-order valence-corrected chi connectivity index (χ3v) is 32.4. The standard InChI is InChI=1S/C13H26.C12H24.C11H22.2C10H21N.2C10H20.C9H19N.C9H18.9C2H6/c1-11(2)13(12(3)4)9-7-5-6-8-10-13;1-10(2)12(11(3)4)8-6-5-7-9-12;1-9(2)11(10(3)4)7-5-6-8-11;1-8(2)10(9(3)4)5-6-11-7-10;1-8(2)10(9(3)4)6-5-7-11-10;2*1-8(2)10(9(3)4)6-5-7-10;1-7(2)9(8(3)4)5-6-10-9;1-7(2)9(5-6-9)8(3)4;9*1-2/h11-12H,5-10H2,1-4H3;10-11H,5-9H2,1-4H3;9-10H,5-8H2,1-4H3;2*8-9,11H,5-7H2,1-4H3;2*8-9H,5-7H2,1-4H3;7-8,10H,5-6H2,1-4H3;7-8H,5-6H2,1-4H3;9*1-2H3. The molecule has 6 aliphatic carbocycles. The lowest BCUT2D eigenvalue weighted by Crippen LogP contribution is -2.63. The minimum absolute atomic E-state index is 0.444. The third-order valence-electron chi connectivity index (χ3n) is 32.4. The molecule has 3 heteroatoms. The van der Waals surface area contributed by atoms with Crippen LogP contribution >= 0.6 is 0 Å². The lowest BCUT2D eigenvalue weighted by atomic mass is 9.56. The molecule has 0 atom stereocenters. The van der Waals surface area contributed by atoms with E-state index in [9.17, 15) is 0 Å². The SMILES string of the molecule is CC.CC.CC.CC.CC.CC.CC.CC.CC.CC(C)C1(C(C)C)CC1.CC(C)C1(C(C)C)CCC1.CC(C)C1(C(C)C)CCC1.CC(C)C1(C(C)C)CCCC1.CC(C)C1(C(C)C)CCCCC1.CC(C)C1(C(C)C)CCCCCC1.CC(C)C1(C(C)C)CCCN1.CC(C)C1(C(C)C)CCN1.CC(C)C1(C(C)C)CCNC1. The van der Waals surface area contributed by atoms with Crippen molar-refractivity contribution >= 4 is 0 Å². The van der Waals surface area contributed by atoms with Crippen LogP contribution in [-0.2, 0) is 0 Å². The summed E-state index contributed by atoms with van der Waals surface area (Å²) in [7, 11) is 0. The van der Waals surface area contributed by atoms with Gasteiger partial charge in [0.25, 0.3) is 0 Å². The Balaban J connectivity index is -0.000000153. The number of nitrogens with one attached hydrogen (secondary N) is 3. The first-order chi connectivity index (χ1) is 53.8. The summed E-state index contributed by atoms with van der Waals surface area (Å²) in [5.74, 6) is 15.3. The lowest BCUT2D eigenvalue weighted by molar-refractivity contribution is 0.0135. The first kappa shape index (κ1) is 133. The Morgan fingerprint density at radius 1 is 0.139 bits per heavy atom. The Hall–Kier alpha value is -0.120. The van der Waals surface area contributed by atoms with Gasteiger partial charge >= 0.3 is 0 Å². The molecule has 0 unspecified atom stereocenters. The quantitative estimate of drug-likeness (QED) is 0.120. The van der Waals surface area contributed by atoms with E-state index in [4.69, 9.17) is 0 Å². The van der Waals surface area contributed by atoms with Crippen molar-refractivity contribution in [1.82, 2.24) is 16.0 Å². The molecule has 0 spiro atoms. The zero-order chi connectivity index (χ0) is 92.9. The molecule has 9 fully saturated rings. The van der Waals surface area contributed by atoms with Gasteiger partial charge in [-0.25, -0.2) is 0 Å². The minimum atomic E-state index is 0.444. The minimum Gasteiger partial charge on any atom is -0.316 e. The van der Waals surface area contributed by atoms with Crippen LogP contribution in [0, 0.1) is 144 Å². The van der Waals surface area contributed by atoms with Crippen LogP contribution in [-0.4, -0.2) is 37.3 Å². The second-order valence-electron chi connectivity index (χ2n) is 41.0. The van der Waals surface area contributed by atoms with Crippen LogP contribution < -0.4 is 16.0 Å². The fourth-order valence-corrected chi connectivity index (χ4v) is 22.8. The monoisotopic (exact) mass is 1630 g/mol. The normalized spacial score (nSPS) is 20.2. The number of hydrogen-bond acceptors (Lipinski definition) is 3. The Kier molecular flexibility index (Phi) is 83.3. The predicted octanol–water partition coefficient (Wildman–Crippen LogP) is 38.7. The molecule has 0 aromatic carbocycles. The molecule has 708 valence electrons. The summed E-state index contributed by atoms with van der Waals surface area (Å²) in [6, 6.07) is 0. The Morgan fingerprint density at radius 2 is 0.313 bits per heavy atom. The summed E-state index contributed by atoms with van der Waals surface area (Å²) in [5.41, 5.74) is 5.73. The molecule has 6 saturated carbocycles. The summed E-state index contributed by atoms with van der Waals surface area (Å²) < 4.78 is 0. The van der Waals surface area contributed by atoms with Crippen LogP contribution in [0.25, 0.3) is 0 Å². The average molecular weight is 1630 g/mol. The molecule has 9 aliphatic rings. The Labute approximate surface area is 740 Å². The molecule has 0 bridgehead atoms. The molecule has 0 aromatic heterocycles. The number of rotatable bonds is 18. The predicted molar refractivity (Wildman–Crippen MR) is 545 cm³/mol. The highest BCUT2D eigenvalue weighted by molar-refractivity contribution is 5.02. The van der Waals surface area contributed by atoms with Crippen molar-refractivity contribution in [2.24, 2.45) is 144 Å². The molecule has 3 saturated heterocycles. The molecule has 0 aromatic rings. The van der Waals surface area contributed by atoms with E-state index in [1.165, 1.54) is 200 Å². The first-order valence-corrected chi connectivity index (χ1v) is 53.1. The largest absolute Gasteiger partial charge is 0.316 e. The molecule has 3 N–H and O–H groups in total. The molecule has 3 nitrogen and oxygen atoms in total. The highest BCUT2D eigenvalue weighted by atomic mass is 15.1. The maximum Gasteiger partial charge on any atom is 0.0239 e. The van der Waals surface area contributed by atoms with Crippen LogP contribution in [0.1, 0.15) is 547 Å². The van der Waals surface area contributed by atoms with E-state index in [-0.39, 0.29) is 0 Å². The Morgan fingerprint density at radius 3 is 0.400 bits per heavy atom. The molecule has 115 heavy (non-hydrogen) atoms. The van der Waals surface area contributed by atoms with E-state index in [2.05, 4.69) is 265 Å². The van der Waals surface area contributed by atoms with Crippen molar-refractivity contribution in [3.05, 3.63) is 0 Å². The first-order valence-electron chi connectivity index (χ1n) is 53.1. The van der Waals surface area contributed by atoms with Gasteiger partial charge < -0.3 is 16.0 Å². The summed E-state index contributed by atoms with van der Waals surface area (Å²) in [4.78, 5) is 0. The highest BCUT2D eigenvalue weighted by Crippen LogP contribution is 2.58. The van der Waals surface area contributed by atoms with Crippen LogP contribution in [0.2, 0.25) is 0 Å². The maximum atomic E-state index is 3.67. The average Bonchev–Trinajstić information content (AvgIpc) is 1.72. The van der Waals surface area contributed by atoms with Crippen LogP contribution in [0.15, 0.2) is 0 Å². The van der Waals surface area contributed by atoms with Gasteiger partial charge in [0.15, 0.2) is 0 Å². The Bertz CT molecular complexity index is 1710. The summed E-state index contributed by atoms with van der Waals surface area (Å²) in [5, 5.41) is 10.7. The summed E-state index contributed by atoms with van der Waals surface area (Å²) in [6.07, 6.45) is 39.3. The van der Waals surface area contributed by atoms with Gasteiger partial charge in [0, 0.05) is 17.6 Å². The van der Waals surface area contributed by atoms with E-state index < -0.39 is 0 Å². The summed E-state index contributed by atoms with van der Waals surface area (Å²) >= 11 is 0. The van der Waals surface area contributed by atoms with Gasteiger partial charge in [0.2, 0.25) is 0 Å². The van der Waals surface area contributed by atoms with Crippen LogP contribution in [0.4, 0.5) is 0 Å². The fraction of sp³-hybridized carbons (Fsp3) is 1.00. The topological polar surface area (TPSA) is 36.1 Å². The molecule has 9 rings (SSSR count). The van der Waals surface area contributed by atoms with Gasteiger partial charge in [-0.1, -0.05) is 445 Å². The van der Waals surface area contributed by atoms with Crippen molar-refractivity contribution in [1.29, 1.82) is 0 Å². The van der Waals surface area contributed by atoms with Gasteiger partial charge in [-0.15, -0.1) is 0 Å².